The van der Waals surface area contributed by atoms with E-state index in [4.69, 9.17) is 12.2 Å². The predicted octanol–water partition coefficient (Wildman–Crippen LogP) is 0.743. The third-order valence-corrected chi connectivity index (χ3v) is 2.90. The molecule has 19 heavy (non-hydrogen) atoms. The molecule has 0 aliphatic carbocycles. The van der Waals surface area contributed by atoms with Gasteiger partial charge >= 0.3 is 5.69 Å². The monoisotopic (exact) mass is 264 g/mol. The summed E-state index contributed by atoms with van der Waals surface area (Å²) in [5, 5.41) is 2.89. The Bertz CT molecular complexity index is 580. The molecule has 1 aromatic heterocycles. The van der Waals surface area contributed by atoms with Gasteiger partial charge in [-0.05, 0) is 12.8 Å². The number of anilines is 2. The topological polar surface area (TPSA) is 92.9 Å². The number of aromatic nitrogens is 2. The number of terminal acetylenes is 1. The molecule has 0 saturated carbocycles. The average Bonchev–Trinajstić information content (AvgIpc) is 2.38. The fourth-order valence-electron chi connectivity index (χ4n) is 1.70. The van der Waals surface area contributed by atoms with Crippen molar-refractivity contribution in [1.82, 2.24) is 9.55 Å². The summed E-state index contributed by atoms with van der Waals surface area (Å²) in [6, 6.07) is -0.291. The Morgan fingerprint density at radius 2 is 2.16 bits per heavy atom. The van der Waals surface area contributed by atoms with Crippen LogP contribution in [0.2, 0.25) is 0 Å². The molecule has 0 saturated heterocycles. The Balaban J connectivity index is 3.21. The van der Waals surface area contributed by atoms with Gasteiger partial charge in [0.1, 0.15) is 11.5 Å². The summed E-state index contributed by atoms with van der Waals surface area (Å²) in [6.45, 7) is 4.38. The van der Waals surface area contributed by atoms with E-state index in [2.05, 4.69) is 16.2 Å². The van der Waals surface area contributed by atoms with Crippen molar-refractivity contribution in [2.75, 3.05) is 11.1 Å². The van der Waals surface area contributed by atoms with Crippen molar-refractivity contribution in [2.24, 2.45) is 0 Å². The van der Waals surface area contributed by atoms with Crippen molar-refractivity contribution in [3.05, 3.63) is 20.8 Å². The molecule has 1 rings (SSSR count). The number of H-pyrrole nitrogens is 1. The summed E-state index contributed by atoms with van der Waals surface area (Å²) in [7, 11) is 0. The average molecular weight is 264 g/mol. The van der Waals surface area contributed by atoms with Crippen LogP contribution in [0.4, 0.5) is 11.5 Å². The SMILES string of the molecule is C#CC(CC)Nc1c(N)n(CCCC)c(=O)[nH]c1=O. The van der Waals surface area contributed by atoms with Crippen LogP contribution in [-0.2, 0) is 6.54 Å². The van der Waals surface area contributed by atoms with E-state index in [0.717, 1.165) is 12.8 Å². The third-order valence-electron chi connectivity index (χ3n) is 2.90. The number of unbranched alkanes of at least 4 members (excludes halogenated alkanes) is 1. The largest absolute Gasteiger partial charge is 0.383 e. The molecule has 0 fully saturated rings. The van der Waals surface area contributed by atoms with Crippen LogP contribution in [0.15, 0.2) is 9.59 Å². The van der Waals surface area contributed by atoms with Crippen LogP contribution in [0, 0.1) is 12.3 Å². The molecule has 1 unspecified atom stereocenters. The first-order chi connectivity index (χ1) is 9.04. The summed E-state index contributed by atoms with van der Waals surface area (Å²) in [5.74, 6) is 2.66. The first-order valence-corrected chi connectivity index (χ1v) is 6.40. The van der Waals surface area contributed by atoms with E-state index in [1.807, 2.05) is 13.8 Å². The Hall–Kier alpha value is -2.16. The molecule has 1 aromatic rings. The molecule has 1 heterocycles. The smallest absolute Gasteiger partial charge is 0.330 e. The molecular formula is C13H20N4O2. The van der Waals surface area contributed by atoms with E-state index in [9.17, 15) is 9.59 Å². The van der Waals surface area contributed by atoms with Gasteiger partial charge in [0, 0.05) is 6.54 Å². The second-order valence-corrected chi connectivity index (χ2v) is 4.30. The zero-order valence-electron chi connectivity index (χ0n) is 11.3. The molecule has 4 N–H and O–H groups in total. The first kappa shape index (κ1) is 14.9. The van der Waals surface area contributed by atoms with E-state index in [0.29, 0.717) is 13.0 Å². The molecule has 6 heteroatoms. The van der Waals surface area contributed by atoms with Crippen LogP contribution in [0.3, 0.4) is 0 Å². The highest BCUT2D eigenvalue weighted by Crippen LogP contribution is 2.12. The molecule has 0 spiro atoms. The molecular weight excluding hydrogens is 244 g/mol. The Morgan fingerprint density at radius 3 is 2.68 bits per heavy atom. The standard InChI is InChI=1S/C13H20N4O2/c1-4-7-8-17-11(14)10(12(18)16-13(17)19)15-9(5-2)6-3/h2,9,15H,4,6-8,14H2,1,3H3,(H,16,18,19). The fraction of sp³-hybridized carbons (Fsp3) is 0.538. The van der Waals surface area contributed by atoms with Crippen LogP contribution < -0.4 is 22.3 Å². The van der Waals surface area contributed by atoms with Gasteiger partial charge in [-0.1, -0.05) is 26.2 Å². The number of nitrogens with zero attached hydrogens (tertiary/aromatic N) is 1. The Kier molecular flexibility index (Phi) is 5.24. The van der Waals surface area contributed by atoms with Gasteiger partial charge in [0.2, 0.25) is 0 Å². The number of nitrogens with two attached hydrogens (primary N) is 1. The highest BCUT2D eigenvalue weighted by Gasteiger charge is 2.14. The van der Waals surface area contributed by atoms with E-state index < -0.39 is 11.2 Å². The van der Waals surface area contributed by atoms with Crippen molar-refractivity contribution < 1.29 is 0 Å². The number of nitrogens with one attached hydrogen (secondary N) is 2. The van der Waals surface area contributed by atoms with Crippen LogP contribution in [0.25, 0.3) is 0 Å². The van der Waals surface area contributed by atoms with Crippen LogP contribution in [0.1, 0.15) is 33.1 Å². The number of aromatic amines is 1. The van der Waals surface area contributed by atoms with Crippen molar-refractivity contribution in [1.29, 1.82) is 0 Å². The van der Waals surface area contributed by atoms with Gasteiger partial charge < -0.3 is 11.1 Å². The quantitative estimate of drug-likeness (QED) is 0.661. The molecule has 1 atom stereocenters. The number of hydrogen-bond donors (Lipinski definition) is 3. The lowest BCUT2D eigenvalue weighted by atomic mass is 10.2. The Morgan fingerprint density at radius 1 is 1.47 bits per heavy atom. The second-order valence-electron chi connectivity index (χ2n) is 4.30. The van der Waals surface area contributed by atoms with Gasteiger partial charge in [-0.15, -0.1) is 6.42 Å². The number of rotatable bonds is 6. The normalized spacial score (nSPS) is 11.8. The summed E-state index contributed by atoms with van der Waals surface area (Å²) in [5.41, 5.74) is 5.03. The summed E-state index contributed by atoms with van der Waals surface area (Å²) >= 11 is 0. The third kappa shape index (κ3) is 3.41. The molecule has 0 bridgehead atoms. The zero-order chi connectivity index (χ0) is 14.4. The lowest BCUT2D eigenvalue weighted by Crippen LogP contribution is -2.35. The van der Waals surface area contributed by atoms with Crippen LogP contribution >= 0.6 is 0 Å². The molecule has 0 aromatic carbocycles. The lowest BCUT2D eigenvalue weighted by Gasteiger charge is -2.16. The highest BCUT2D eigenvalue weighted by molar-refractivity contribution is 5.61. The number of nitrogen functional groups attached to an aromatic ring is 1. The van der Waals surface area contributed by atoms with Crippen LogP contribution in [-0.4, -0.2) is 15.6 Å². The van der Waals surface area contributed by atoms with Crippen molar-refractivity contribution in [3.8, 4) is 12.3 Å². The first-order valence-electron chi connectivity index (χ1n) is 6.40. The molecule has 0 amide bonds. The fourth-order valence-corrected chi connectivity index (χ4v) is 1.70. The summed E-state index contributed by atoms with van der Waals surface area (Å²) in [4.78, 5) is 25.7. The van der Waals surface area contributed by atoms with Gasteiger partial charge in [0.15, 0.2) is 0 Å². The molecule has 6 nitrogen and oxygen atoms in total. The minimum Gasteiger partial charge on any atom is -0.383 e. The van der Waals surface area contributed by atoms with Crippen molar-refractivity contribution >= 4 is 11.5 Å². The van der Waals surface area contributed by atoms with E-state index in [-0.39, 0.29) is 17.5 Å². The predicted molar refractivity (Wildman–Crippen MR) is 77.2 cm³/mol. The van der Waals surface area contributed by atoms with Gasteiger partial charge in [-0.3, -0.25) is 14.3 Å². The van der Waals surface area contributed by atoms with E-state index in [1.165, 1.54) is 4.57 Å². The number of hydrogen-bond acceptors (Lipinski definition) is 4. The summed E-state index contributed by atoms with van der Waals surface area (Å²) in [6.07, 6.45) is 7.74. The maximum atomic E-state index is 11.8. The van der Waals surface area contributed by atoms with Gasteiger partial charge in [0.25, 0.3) is 5.56 Å². The van der Waals surface area contributed by atoms with Crippen LogP contribution in [0.5, 0.6) is 0 Å². The van der Waals surface area contributed by atoms with E-state index in [1.54, 1.807) is 0 Å². The summed E-state index contributed by atoms with van der Waals surface area (Å²) < 4.78 is 1.36. The maximum absolute atomic E-state index is 11.8. The van der Waals surface area contributed by atoms with Crippen molar-refractivity contribution in [3.63, 3.8) is 0 Å². The minimum absolute atomic E-state index is 0.135. The molecule has 104 valence electrons. The van der Waals surface area contributed by atoms with Gasteiger partial charge in [-0.25, -0.2) is 4.79 Å². The van der Waals surface area contributed by atoms with Gasteiger partial charge in [-0.2, -0.15) is 0 Å². The van der Waals surface area contributed by atoms with Gasteiger partial charge in [0.05, 0.1) is 6.04 Å². The van der Waals surface area contributed by atoms with Crippen molar-refractivity contribution in [2.45, 2.75) is 45.7 Å². The molecule has 0 aliphatic rings. The highest BCUT2D eigenvalue weighted by atomic mass is 16.2. The zero-order valence-corrected chi connectivity index (χ0v) is 11.3. The maximum Gasteiger partial charge on any atom is 0.330 e. The Labute approximate surface area is 112 Å². The molecule has 0 radical (unpaired) electrons. The van der Waals surface area contributed by atoms with E-state index >= 15 is 0 Å². The minimum atomic E-state index is -0.538. The second kappa shape index (κ2) is 6.69. The lowest BCUT2D eigenvalue weighted by molar-refractivity contribution is 0.605. The molecule has 0 aliphatic heterocycles.